The Kier molecular flexibility index (Phi) is 3.48. The van der Waals surface area contributed by atoms with E-state index in [9.17, 15) is 13.6 Å². The molecule has 98 valence electrons. The van der Waals surface area contributed by atoms with Crippen molar-refractivity contribution in [3.8, 4) is 0 Å². The summed E-state index contributed by atoms with van der Waals surface area (Å²) in [5, 5.41) is 0. The number of hydrogen-bond donors (Lipinski definition) is 0. The fourth-order valence-corrected chi connectivity index (χ4v) is 2.56. The molecule has 0 N–H and O–H groups in total. The fraction of sp³-hybridized carbons (Fsp3) is 0.500. The van der Waals surface area contributed by atoms with Gasteiger partial charge in [-0.05, 0) is 38.0 Å². The SMILES string of the molecule is CC1OC(C)C(C(=O)c2ccc(F)c(F)c2)C1C. The summed E-state index contributed by atoms with van der Waals surface area (Å²) in [6, 6.07) is 3.26. The van der Waals surface area contributed by atoms with Crippen LogP contribution in [0.1, 0.15) is 31.1 Å². The molecule has 2 nitrogen and oxygen atoms in total. The third-order valence-electron chi connectivity index (χ3n) is 3.75. The Bertz CT molecular complexity index is 473. The lowest BCUT2D eigenvalue weighted by molar-refractivity contribution is 0.0491. The zero-order valence-corrected chi connectivity index (χ0v) is 10.6. The molecule has 1 heterocycles. The molecule has 0 aromatic heterocycles. The predicted octanol–water partition coefficient (Wildman–Crippen LogP) is 3.21. The molecule has 1 aromatic carbocycles. The summed E-state index contributed by atoms with van der Waals surface area (Å²) in [4.78, 5) is 12.3. The third kappa shape index (κ3) is 2.17. The Hall–Kier alpha value is -1.29. The predicted molar refractivity (Wildman–Crippen MR) is 63.4 cm³/mol. The standard InChI is InChI=1S/C14H16F2O2/c1-7-8(2)18-9(3)13(7)14(17)10-4-5-11(15)12(16)6-10/h4-9,13H,1-3H3. The number of ketones is 1. The highest BCUT2D eigenvalue weighted by molar-refractivity contribution is 5.98. The lowest BCUT2D eigenvalue weighted by Crippen LogP contribution is -2.27. The minimum absolute atomic E-state index is 0.000699. The number of carbonyl (C=O) groups is 1. The van der Waals surface area contributed by atoms with Crippen LogP contribution in [0.3, 0.4) is 0 Å². The van der Waals surface area contributed by atoms with Crippen LogP contribution >= 0.6 is 0 Å². The van der Waals surface area contributed by atoms with Gasteiger partial charge in [0.05, 0.1) is 18.1 Å². The lowest BCUT2D eigenvalue weighted by Gasteiger charge is -2.17. The van der Waals surface area contributed by atoms with Crippen molar-refractivity contribution in [3.63, 3.8) is 0 Å². The quantitative estimate of drug-likeness (QED) is 0.757. The van der Waals surface area contributed by atoms with Gasteiger partial charge in [-0.2, -0.15) is 0 Å². The van der Waals surface area contributed by atoms with Crippen LogP contribution in [0.25, 0.3) is 0 Å². The number of carbonyl (C=O) groups excluding carboxylic acids is 1. The van der Waals surface area contributed by atoms with E-state index in [1.54, 1.807) is 0 Å². The molecule has 1 aliphatic heterocycles. The molecule has 4 unspecified atom stereocenters. The Morgan fingerprint density at radius 2 is 1.78 bits per heavy atom. The van der Waals surface area contributed by atoms with Crippen LogP contribution in [0.15, 0.2) is 18.2 Å². The largest absolute Gasteiger partial charge is 0.374 e. The molecule has 18 heavy (non-hydrogen) atoms. The lowest BCUT2D eigenvalue weighted by atomic mass is 9.83. The summed E-state index contributed by atoms with van der Waals surface area (Å²) in [5.74, 6) is -2.35. The van der Waals surface area contributed by atoms with Gasteiger partial charge in [0, 0.05) is 5.56 Å². The average molecular weight is 254 g/mol. The monoisotopic (exact) mass is 254 g/mol. The van der Waals surface area contributed by atoms with Crippen molar-refractivity contribution in [1.29, 1.82) is 0 Å². The molecule has 1 fully saturated rings. The second kappa shape index (κ2) is 4.76. The van der Waals surface area contributed by atoms with E-state index >= 15 is 0 Å². The van der Waals surface area contributed by atoms with Crippen LogP contribution < -0.4 is 0 Å². The summed E-state index contributed by atoms with van der Waals surface area (Å²) in [5.41, 5.74) is 0.204. The first kappa shape index (κ1) is 13.1. The summed E-state index contributed by atoms with van der Waals surface area (Å²) < 4.78 is 31.6. The van der Waals surface area contributed by atoms with Crippen LogP contribution in [0.2, 0.25) is 0 Å². The van der Waals surface area contributed by atoms with Crippen LogP contribution in [0.4, 0.5) is 8.78 Å². The number of benzene rings is 1. The number of ether oxygens (including phenoxy) is 1. The first-order valence-corrected chi connectivity index (χ1v) is 6.06. The molecule has 1 saturated heterocycles. The van der Waals surface area contributed by atoms with Crippen molar-refractivity contribution in [1.82, 2.24) is 0 Å². The van der Waals surface area contributed by atoms with Crippen molar-refractivity contribution in [2.24, 2.45) is 11.8 Å². The Balaban J connectivity index is 2.28. The zero-order chi connectivity index (χ0) is 13.4. The topological polar surface area (TPSA) is 26.3 Å². The highest BCUT2D eigenvalue weighted by Crippen LogP contribution is 2.34. The van der Waals surface area contributed by atoms with Gasteiger partial charge in [-0.15, -0.1) is 0 Å². The van der Waals surface area contributed by atoms with E-state index in [1.807, 2.05) is 20.8 Å². The zero-order valence-electron chi connectivity index (χ0n) is 10.6. The van der Waals surface area contributed by atoms with E-state index < -0.39 is 11.6 Å². The van der Waals surface area contributed by atoms with Crippen molar-refractivity contribution in [2.75, 3.05) is 0 Å². The first-order chi connectivity index (χ1) is 8.41. The van der Waals surface area contributed by atoms with E-state index in [0.29, 0.717) is 0 Å². The number of halogens is 2. The normalized spacial score (nSPS) is 31.6. The van der Waals surface area contributed by atoms with E-state index in [-0.39, 0.29) is 35.4 Å². The first-order valence-electron chi connectivity index (χ1n) is 6.06. The third-order valence-corrected chi connectivity index (χ3v) is 3.75. The molecule has 0 spiro atoms. The fourth-order valence-electron chi connectivity index (χ4n) is 2.56. The summed E-state index contributed by atoms with van der Waals surface area (Å²) in [6.07, 6.45) is -0.199. The van der Waals surface area contributed by atoms with E-state index in [2.05, 4.69) is 0 Å². The van der Waals surface area contributed by atoms with Crippen LogP contribution in [0.5, 0.6) is 0 Å². The van der Waals surface area contributed by atoms with Crippen LogP contribution in [-0.4, -0.2) is 18.0 Å². The molecule has 0 amide bonds. The highest BCUT2D eigenvalue weighted by Gasteiger charge is 2.41. The second-order valence-corrected chi connectivity index (χ2v) is 4.92. The average Bonchev–Trinajstić information content (AvgIpc) is 2.56. The van der Waals surface area contributed by atoms with Gasteiger partial charge in [-0.3, -0.25) is 4.79 Å². The van der Waals surface area contributed by atoms with Gasteiger partial charge >= 0.3 is 0 Å². The summed E-state index contributed by atoms with van der Waals surface area (Å²) in [6.45, 7) is 5.69. The molecular formula is C14H16F2O2. The Labute approximate surface area is 105 Å². The number of Topliss-reactive ketones (excluding diaryl/α,β-unsaturated/α-hetero) is 1. The van der Waals surface area contributed by atoms with Crippen LogP contribution in [0, 0.1) is 23.5 Å². The van der Waals surface area contributed by atoms with Gasteiger partial charge in [0.25, 0.3) is 0 Å². The number of hydrogen-bond acceptors (Lipinski definition) is 2. The van der Waals surface area contributed by atoms with Crippen molar-refractivity contribution >= 4 is 5.78 Å². The maximum absolute atomic E-state index is 13.1. The summed E-state index contributed by atoms with van der Waals surface area (Å²) >= 11 is 0. The maximum atomic E-state index is 13.1. The molecule has 4 atom stereocenters. The molecule has 0 radical (unpaired) electrons. The van der Waals surface area contributed by atoms with Gasteiger partial charge in [0.1, 0.15) is 0 Å². The smallest absolute Gasteiger partial charge is 0.169 e. The van der Waals surface area contributed by atoms with E-state index in [1.165, 1.54) is 6.07 Å². The van der Waals surface area contributed by atoms with Gasteiger partial charge in [-0.1, -0.05) is 6.92 Å². The van der Waals surface area contributed by atoms with Gasteiger partial charge in [0.15, 0.2) is 17.4 Å². The molecular weight excluding hydrogens is 238 g/mol. The summed E-state index contributed by atoms with van der Waals surface area (Å²) in [7, 11) is 0. The van der Waals surface area contributed by atoms with Crippen molar-refractivity contribution in [3.05, 3.63) is 35.4 Å². The minimum Gasteiger partial charge on any atom is -0.374 e. The molecule has 4 heteroatoms. The Morgan fingerprint density at radius 3 is 2.28 bits per heavy atom. The van der Waals surface area contributed by atoms with Crippen molar-refractivity contribution in [2.45, 2.75) is 33.0 Å². The van der Waals surface area contributed by atoms with Gasteiger partial charge in [0.2, 0.25) is 0 Å². The molecule has 0 bridgehead atoms. The van der Waals surface area contributed by atoms with E-state index in [4.69, 9.17) is 4.74 Å². The molecule has 2 rings (SSSR count). The van der Waals surface area contributed by atoms with Gasteiger partial charge < -0.3 is 4.74 Å². The van der Waals surface area contributed by atoms with E-state index in [0.717, 1.165) is 12.1 Å². The highest BCUT2D eigenvalue weighted by atomic mass is 19.2. The molecule has 0 saturated carbocycles. The minimum atomic E-state index is -0.992. The van der Waals surface area contributed by atoms with Gasteiger partial charge in [-0.25, -0.2) is 8.78 Å². The van der Waals surface area contributed by atoms with Crippen LogP contribution in [-0.2, 0) is 4.74 Å². The molecule has 1 aromatic rings. The molecule has 1 aliphatic rings. The van der Waals surface area contributed by atoms with Crippen molar-refractivity contribution < 1.29 is 18.3 Å². The maximum Gasteiger partial charge on any atom is 0.169 e. The number of rotatable bonds is 2. The second-order valence-electron chi connectivity index (χ2n) is 4.92. The Morgan fingerprint density at radius 1 is 1.11 bits per heavy atom. The molecule has 0 aliphatic carbocycles.